The number of methoxy groups -OCH3 is 1. The van der Waals surface area contributed by atoms with Crippen molar-refractivity contribution in [2.75, 3.05) is 7.11 Å². The van der Waals surface area contributed by atoms with E-state index in [-0.39, 0.29) is 11.2 Å². The van der Waals surface area contributed by atoms with E-state index in [1.807, 2.05) is 13.0 Å². The summed E-state index contributed by atoms with van der Waals surface area (Å²) in [5, 5.41) is -0.361. The molecule has 0 aliphatic rings. The van der Waals surface area contributed by atoms with E-state index in [1.165, 1.54) is 25.4 Å². The van der Waals surface area contributed by atoms with Crippen molar-refractivity contribution in [2.45, 2.75) is 13.8 Å². The Morgan fingerprint density at radius 1 is 1.43 bits per heavy atom. The standard InChI is InChI=1S/C7H8O2S.C2H3ClO/c1-5-3-4-6(10-5)7(8)9-2;1-2(3)4/h3-4H,1-2H3;1H3. The van der Waals surface area contributed by atoms with Crippen LogP contribution in [0.5, 0.6) is 0 Å². The van der Waals surface area contributed by atoms with E-state index in [1.54, 1.807) is 6.07 Å². The molecular weight excluding hydrogens is 224 g/mol. The number of aryl methyl sites for hydroxylation is 1. The number of carbonyl (C=O) groups is 2. The number of carbonyl (C=O) groups excluding carboxylic acids is 2. The second kappa shape index (κ2) is 6.56. The highest BCUT2D eigenvalue weighted by molar-refractivity contribution is 7.13. The summed E-state index contributed by atoms with van der Waals surface area (Å²) >= 11 is 6.08. The van der Waals surface area contributed by atoms with E-state index >= 15 is 0 Å². The molecule has 1 aromatic rings. The van der Waals surface area contributed by atoms with Crippen LogP contribution >= 0.6 is 22.9 Å². The minimum absolute atomic E-state index is 0.252. The van der Waals surface area contributed by atoms with E-state index in [2.05, 4.69) is 16.3 Å². The number of ether oxygens (including phenoxy) is 1. The van der Waals surface area contributed by atoms with Gasteiger partial charge < -0.3 is 4.74 Å². The van der Waals surface area contributed by atoms with Gasteiger partial charge in [0.1, 0.15) is 4.88 Å². The molecule has 0 amide bonds. The van der Waals surface area contributed by atoms with Gasteiger partial charge in [-0.05, 0) is 30.7 Å². The molecule has 0 aliphatic heterocycles. The lowest BCUT2D eigenvalue weighted by Gasteiger charge is -1.90. The SMILES string of the molecule is CC(=O)Cl.COC(=O)c1ccc(C)s1. The molecule has 1 rings (SSSR count). The molecule has 0 atom stereocenters. The number of hydrogen-bond acceptors (Lipinski definition) is 4. The molecule has 1 aromatic heterocycles. The molecule has 78 valence electrons. The maximum atomic E-state index is 10.8. The summed E-state index contributed by atoms with van der Waals surface area (Å²) in [5.41, 5.74) is 0. The highest BCUT2D eigenvalue weighted by Crippen LogP contribution is 2.15. The van der Waals surface area contributed by atoms with Crippen LogP contribution in [0.25, 0.3) is 0 Å². The van der Waals surface area contributed by atoms with E-state index in [0.29, 0.717) is 4.88 Å². The number of halogens is 1. The fraction of sp³-hybridized carbons (Fsp3) is 0.333. The first-order valence-corrected chi connectivity index (χ1v) is 4.97. The average molecular weight is 235 g/mol. The molecule has 0 aliphatic carbocycles. The second-order valence-corrected chi connectivity index (χ2v) is 4.19. The molecule has 5 heteroatoms. The molecule has 0 aromatic carbocycles. The van der Waals surface area contributed by atoms with Crippen LogP contribution in [-0.2, 0) is 9.53 Å². The van der Waals surface area contributed by atoms with Crippen LogP contribution in [0, 0.1) is 6.92 Å². The maximum absolute atomic E-state index is 10.8. The van der Waals surface area contributed by atoms with E-state index in [9.17, 15) is 9.59 Å². The van der Waals surface area contributed by atoms with Crippen LogP contribution in [0.4, 0.5) is 0 Å². The van der Waals surface area contributed by atoms with Crippen molar-refractivity contribution in [3.05, 3.63) is 21.9 Å². The zero-order valence-corrected chi connectivity index (χ0v) is 9.74. The molecular formula is C9H11ClO3S. The lowest BCUT2D eigenvalue weighted by Crippen LogP contribution is -1.96. The van der Waals surface area contributed by atoms with Crippen molar-refractivity contribution in [1.82, 2.24) is 0 Å². The lowest BCUT2D eigenvalue weighted by molar-refractivity contribution is -0.109. The van der Waals surface area contributed by atoms with Gasteiger partial charge in [-0.25, -0.2) is 4.79 Å². The molecule has 0 saturated heterocycles. The van der Waals surface area contributed by atoms with Crippen molar-refractivity contribution >= 4 is 34.1 Å². The van der Waals surface area contributed by atoms with Crippen molar-refractivity contribution in [1.29, 1.82) is 0 Å². The number of esters is 1. The van der Waals surface area contributed by atoms with Gasteiger partial charge in [0.15, 0.2) is 0 Å². The summed E-state index contributed by atoms with van der Waals surface area (Å²) < 4.78 is 4.52. The highest BCUT2D eigenvalue weighted by atomic mass is 35.5. The smallest absolute Gasteiger partial charge is 0.348 e. The highest BCUT2D eigenvalue weighted by Gasteiger charge is 2.05. The maximum Gasteiger partial charge on any atom is 0.348 e. The monoisotopic (exact) mass is 234 g/mol. The number of thiophene rings is 1. The molecule has 0 fully saturated rings. The third-order valence-corrected chi connectivity index (χ3v) is 2.11. The summed E-state index contributed by atoms with van der Waals surface area (Å²) in [6.07, 6.45) is 0. The van der Waals surface area contributed by atoms with Crippen LogP contribution in [0.3, 0.4) is 0 Å². The van der Waals surface area contributed by atoms with Crippen molar-refractivity contribution in [2.24, 2.45) is 0 Å². The Labute approximate surface area is 91.6 Å². The molecule has 0 saturated carbocycles. The van der Waals surface area contributed by atoms with Gasteiger partial charge in [0, 0.05) is 11.8 Å². The summed E-state index contributed by atoms with van der Waals surface area (Å²) in [5.74, 6) is -0.252. The topological polar surface area (TPSA) is 43.4 Å². The van der Waals surface area contributed by atoms with Gasteiger partial charge >= 0.3 is 5.97 Å². The summed E-state index contributed by atoms with van der Waals surface area (Å²) in [6.45, 7) is 3.25. The first-order valence-electron chi connectivity index (χ1n) is 3.78. The Kier molecular flexibility index (Phi) is 6.16. The Balaban J connectivity index is 0.000000364. The first-order chi connectivity index (χ1) is 6.47. The summed E-state index contributed by atoms with van der Waals surface area (Å²) in [4.78, 5) is 21.8. The van der Waals surface area contributed by atoms with E-state index in [0.717, 1.165) is 4.88 Å². The van der Waals surface area contributed by atoms with Crippen LogP contribution in [0.2, 0.25) is 0 Å². The lowest BCUT2D eigenvalue weighted by atomic mass is 10.4. The molecule has 0 N–H and O–H groups in total. The molecule has 1 heterocycles. The number of rotatable bonds is 1. The Morgan fingerprint density at radius 2 is 1.93 bits per heavy atom. The minimum atomic E-state index is -0.361. The predicted molar refractivity (Wildman–Crippen MR) is 56.9 cm³/mol. The summed E-state index contributed by atoms with van der Waals surface area (Å²) in [6, 6.07) is 3.67. The van der Waals surface area contributed by atoms with Crippen LogP contribution in [0.15, 0.2) is 12.1 Å². The molecule has 3 nitrogen and oxygen atoms in total. The Bertz CT molecular complexity index is 316. The molecule has 0 radical (unpaired) electrons. The van der Waals surface area contributed by atoms with Crippen molar-refractivity contribution in [3.8, 4) is 0 Å². The second-order valence-electron chi connectivity index (χ2n) is 2.37. The van der Waals surface area contributed by atoms with E-state index in [4.69, 9.17) is 0 Å². The van der Waals surface area contributed by atoms with Gasteiger partial charge in [0.25, 0.3) is 0 Å². The van der Waals surface area contributed by atoms with Gasteiger partial charge in [0.2, 0.25) is 5.24 Å². The van der Waals surface area contributed by atoms with Crippen LogP contribution in [-0.4, -0.2) is 18.3 Å². The Hall–Kier alpha value is -0.870. The fourth-order valence-corrected chi connectivity index (χ4v) is 1.43. The first kappa shape index (κ1) is 13.1. The van der Waals surface area contributed by atoms with Crippen molar-refractivity contribution in [3.63, 3.8) is 0 Å². The molecule has 14 heavy (non-hydrogen) atoms. The van der Waals surface area contributed by atoms with Crippen LogP contribution < -0.4 is 0 Å². The van der Waals surface area contributed by atoms with Gasteiger partial charge in [0.05, 0.1) is 7.11 Å². The quantitative estimate of drug-likeness (QED) is 0.554. The fourth-order valence-electron chi connectivity index (χ4n) is 0.645. The third kappa shape index (κ3) is 5.72. The van der Waals surface area contributed by atoms with Crippen molar-refractivity contribution < 1.29 is 14.3 Å². The van der Waals surface area contributed by atoms with Crippen LogP contribution in [0.1, 0.15) is 21.5 Å². The molecule has 0 unspecified atom stereocenters. The van der Waals surface area contributed by atoms with Gasteiger partial charge in [-0.2, -0.15) is 0 Å². The normalized spacial score (nSPS) is 8.57. The molecule has 0 bridgehead atoms. The summed E-state index contributed by atoms with van der Waals surface area (Å²) in [7, 11) is 1.39. The third-order valence-electron chi connectivity index (χ3n) is 1.13. The zero-order chi connectivity index (χ0) is 11.1. The Morgan fingerprint density at radius 3 is 2.21 bits per heavy atom. The van der Waals surface area contributed by atoms with E-state index < -0.39 is 0 Å². The zero-order valence-electron chi connectivity index (χ0n) is 8.17. The van der Waals surface area contributed by atoms with Gasteiger partial charge in [-0.3, -0.25) is 4.79 Å². The largest absolute Gasteiger partial charge is 0.465 e. The van der Waals surface area contributed by atoms with Gasteiger partial charge in [-0.15, -0.1) is 11.3 Å². The molecule has 0 spiro atoms. The number of hydrogen-bond donors (Lipinski definition) is 0. The minimum Gasteiger partial charge on any atom is -0.465 e. The van der Waals surface area contributed by atoms with Gasteiger partial charge in [-0.1, -0.05) is 0 Å². The predicted octanol–water partition coefficient (Wildman–Crippen LogP) is 2.61. The average Bonchev–Trinajstić information content (AvgIpc) is 2.49.